The van der Waals surface area contributed by atoms with Crippen molar-refractivity contribution in [3.8, 4) is 28.8 Å². The van der Waals surface area contributed by atoms with E-state index in [1.807, 2.05) is 40.8 Å². The molecule has 1 saturated heterocycles. The zero-order valence-corrected chi connectivity index (χ0v) is 26.1. The fraction of sp³-hybridized carbons (Fsp3) is 0.250. The molecule has 6 rings (SSSR count). The van der Waals surface area contributed by atoms with Gasteiger partial charge in [0.1, 0.15) is 17.1 Å². The number of ether oxygens (including phenoxy) is 1. The van der Waals surface area contributed by atoms with Crippen molar-refractivity contribution in [2.75, 3.05) is 32.8 Å². The first-order valence-electron chi connectivity index (χ1n) is 15.2. The number of halogens is 6. The van der Waals surface area contributed by atoms with E-state index < -0.39 is 24.5 Å². The highest BCUT2D eigenvalue weighted by molar-refractivity contribution is 5.99. The zero-order valence-electron chi connectivity index (χ0n) is 26.1. The molecule has 13 heteroatoms. The maximum absolute atomic E-state index is 13.5. The van der Waals surface area contributed by atoms with Gasteiger partial charge in [0.25, 0.3) is 5.91 Å². The summed E-state index contributed by atoms with van der Waals surface area (Å²) in [5.41, 5.74) is 3.76. The molecule has 5 aromatic rings. The molecule has 0 saturated carbocycles. The maximum Gasteiger partial charge on any atom is 0.422 e. The van der Waals surface area contributed by atoms with Gasteiger partial charge in [0.2, 0.25) is 0 Å². The quantitative estimate of drug-likeness (QED) is 0.144. The lowest BCUT2D eigenvalue weighted by Crippen LogP contribution is -2.48. The van der Waals surface area contributed by atoms with Gasteiger partial charge in [-0.2, -0.15) is 26.3 Å². The molecule has 0 radical (unpaired) electrons. The van der Waals surface area contributed by atoms with E-state index in [0.29, 0.717) is 55.4 Å². The van der Waals surface area contributed by atoms with Crippen molar-refractivity contribution in [1.82, 2.24) is 24.3 Å². The van der Waals surface area contributed by atoms with E-state index >= 15 is 0 Å². The van der Waals surface area contributed by atoms with E-state index in [-0.39, 0.29) is 11.7 Å². The van der Waals surface area contributed by atoms with E-state index in [9.17, 15) is 31.1 Å². The number of carbonyl (C=O) groups excluding carboxylic acids is 1. The second-order valence-corrected chi connectivity index (χ2v) is 11.6. The average molecular weight is 678 g/mol. The van der Waals surface area contributed by atoms with Crippen molar-refractivity contribution in [2.24, 2.45) is 7.05 Å². The Hall–Kier alpha value is -5.35. The third-order valence-corrected chi connectivity index (χ3v) is 8.15. The molecule has 49 heavy (non-hydrogen) atoms. The van der Waals surface area contributed by atoms with Gasteiger partial charge in [0.15, 0.2) is 6.61 Å². The highest BCUT2D eigenvalue weighted by Crippen LogP contribution is 2.29. The van der Waals surface area contributed by atoms with Crippen LogP contribution in [0.25, 0.3) is 22.2 Å². The van der Waals surface area contributed by atoms with Crippen LogP contribution in [-0.4, -0.2) is 69.2 Å². The van der Waals surface area contributed by atoms with Gasteiger partial charge >= 0.3 is 12.4 Å². The molecule has 0 N–H and O–H groups in total. The van der Waals surface area contributed by atoms with Crippen LogP contribution in [0.2, 0.25) is 0 Å². The molecule has 0 bridgehead atoms. The van der Waals surface area contributed by atoms with Crippen molar-refractivity contribution in [1.29, 1.82) is 0 Å². The number of hydrogen-bond donors (Lipinski definition) is 0. The van der Waals surface area contributed by atoms with Gasteiger partial charge in [0.05, 0.1) is 23.7 Å². The lowest BCUT2D eigenvalue weighted by molar-refractivity contribution is -0.153. The highest BCUT2D eigenvalue weighted by atomic mass is 19.4. The molecule has 3 aromatic carbocycles. The number of rotatable bonds is 6. The molecule has 3 heterocycles. The Bertz CT molecular complexity index is 2000. The van der Waals surface area contributed by atoms with Crippen molar-refractivity contribution in [3.05, 3.63) is 113 Å². The summed E-state index contributed by atoms with van der Waals surface area (Å²) in [5.74, 6) is 5.69. The van der Waals surface area contributed by atoms with Gasteiger partial charge in [-0.25, -0.2) is 4.98 Å². The van der Waals surface area contributed by atoms with Gasteiger partial charge in [-0.3, -0.25) is 14.7 Å². The third kappa shape index (κ3) is 8.21. The van der Waals surface area contributed by atoms with Crippen molar-refractivity contribution < 1.29 is 35.9 Å². The van der Waals surface area contributed by atoms with Crippen LogP contribution >= 0.6 is 0 Å². The van der Waals surface area contributed by atoms with Crippen LogP contribution in [-0.2, 0) is 19.8 Å². The number of benzene rings is 3. The predicted octanol–water partition coefficient (Wildman–Crippen LogP) is 6.95. The molecule has 1 fully saturated rings. The summed E-state index contributed by atoms with van der Waals surface area (Å²) in [4.78, 5) is 26.4. The number of aromatic nitrogens is 3. The number of aryl methyl sites for hydroxylation is 1. The average Bonchev–Trinajstić information content (AvgIpc) is 3.42. The van der Waals surface area contributed by atoms with Gasteiger partial charge in [0, 0.05) is 61.8 Å². The minimum absolute atomic E-state index is 0.0816. The minimum Gasteiger partial charge on any atom is -0.484 e. The number of piperazine rings is 1. The van der Waals surface area contributed by atoms with E-state index in [1.165, 1.54) is 30.5 Å². The molecule has 0 unspecified atom stereocenters. The fourth-order valence-electron chi connectivity index (χ4n) is 5.50. The predicted molar refractivity (Wildman–Crippen MR) is 171 cm³/mol. The molecular formula is C36H29F6N5O2. The Morgan fingerprint density at radius 1 is 0.837 bits per heavy atom. The smallest absolute Gasteiger partial charge is 0.422 e. The first kappa shape index (κ1) is 33.5. The largest absolute Gasteiger partial charge is 0.484 e. The number of amides is 1. The summed E-state index contributed by atoms with van der Waals surface area (Å²) in [7, 11) is 1.84. The van der Waals surface area contributed by atoms with Crippen LogP contribution in [0.1, 0.15) is 32.9 Å². The van der Waals surface area contributed by atoms with Crippen LogP contribution in [0.4, 0.5) is 26.3 Å². The standard InChI is InChI=1S/C36H29F6N5O2/c1-45-32-18-26(31-21-43-29(20-44-31)11-4-24-2-9-28(10-3-24)36(40,41)42)7-8-27(32)19-33(45)34(48)47-16-14-46(15-17-47)22-25-5-12-30(13-6-25)49-23-35(37,38)39/h2-3,5-10,12-13,18-21H,14-17,22-23H2,1H3. The number of alkyl halides is 6. The highest BCUT2D eigenvalue weighted by Gasteiger charge is 2.30. The van der Waals surface area contributed by atoms with E-state index in [1.54, 1.807) is 18.3 Å². The Balaban J connectivity index is 1.06. The van der Waals surface area contributed by atoms with Crippen LogP contribution in [0, 0.1) is 11.8 Å². The molecule has 1 aliphatic rings. The molecule has 1 aliphatic heterocycles. The Morgan fingerprint density at radius 3 is 2.18 bits per heavy atom. The maximum atomic E-state index is 13.5. The summed E-state index contributed by atoms with van der Waals surface area (Å²) in [6.45, 7) is 1.63. The fourth-order valence-corrected chi connectivity index (χ4v) is 5.50. The van der Waals surface area contributed by atoms with Crippen LogP contribution in [0.3, 0.4) is 0 Å². The van der Waals surface area contributed by atoms with Crippen molar-refractivity contribution in [3.63, 3.8) is 0 Å². The zero-order chi connectivity index (χ0) is 34.8. The van der Waals surface area contributed by atoms with Crippen molar-refractivity contribution in [2.45, 2.75) is 18.9 Å². The summed E-state index contributed by atoms with van der Waals surface area (Å²) in [5, 5.41) is 0.892. The van der Waals surface area contributed by atoms with Crippen LogP contribution < -0.4 is 4.74 Å². The molecule has 7 nitrogen and oxygen atoms in total. The third-order valence-electron chi connectivity index (χ3n) is 8.15. The van der Waals surface area contributed by atoms with Gasteiger partial charge < -0.3 is 14.2 Å². The lowest BCUT2D eigenvalue weighted by Gasteiger charge is -2.34. The van der Waals surface area contributed by atoms with E-state index in [4.69, 9.17) is 4.74 Å². The van der Waals surface area contributed by atoms with Gasteiger partial charge in [-0.15, -0.1) is 0 Å². The molecule has 2 aromatic heterocycles. The first-order valence-corrected chi connectivity index (χ1v) is 15.2. The summed E-state index contributed by atoms with van der Waals surface area (Å²) >= 11 is 0. The minimum atomic E-state index is -4.41. The first-order chi connectivity index (χ1) is 23.3. The molecule has 0 aliphatic carbocycles. The monoisotopic (exact) mass is 677 g/mol. The Kier molecular flexibility index (Phi) is 9.34. The van der Waals surface area contributed by atoms with E-state index in [2.05, 4.69) is 26.7 Å². The second-order valence-electron chi connectivity index (χ2n) is 11.6. The van der Waals surface area contributed by atoms with Crippen molar-refractivity contribution >= 4 is 16.8 Å². The SMILES string of the molecule is Cn1c(C(=O)N2CCN(Cc3ccc(OCC(F)(F)F)cc3)CC2)cc2ccc(-c3cnc(C#Cc4ccc(C(F)(F)F)cc4)cn3)cc21. The van der Waals surface area contributed by atoms with Gasteiger partial charge in [-0.05, 0) is 60.0 Å². The molecule has 0 atom stereocenters. The number of nitrogens with zero attached hydrogens (tertiary/aromatic N) is 5. The van der Waals surface area contributed by atoms with E-state index in [0.717, 1.165) is 34.2 Å². The second kappa shape index (κ2) is 13.6. The Labute approximate surface area is 277 Å². The normalized spacial score (nSPS) is 14.1. The number of hydrogen-bond acceptors (Lipinski definition) is 5. The van der Waals surface area contributed by atoms with Crippen LogP contribution in [0.5, 0.6) is 5.75 Å². The summed E-state index contributed by atoms with van der Waals surface area (Å²) in [6, 6.07) is 18.7. The number of fused-ring (bicyclic) bond motifs is 1. The molecule has 0 spiro atoms. The van der Waals surface area contributed by atoms with Gasteiger partial charge in [-0.1, -0.05) is 30.2 Å². The summed E-state index contributed by atoms with van der Waals surface area (Å²) < 4.78 is 82.2. The summed E-state index contributed by atoms with van der Waals surface area (Å²) in [6.07, 6.45) is -5.73. The number of carbonyl (C=O) groups is 1. The molecular weight excluding hydrogens is 648 g/mol. The molecule has 252 valence electrons. The van der Waals surface area contributed by atoms with Crippen LogP contribution in [0.15, 0.2) is 85.2 Å². The topological polar surface area (TPSA) is 63.5 Å². The molecule has 1 amide bonds. The Morgan fingerprint density at radius 2 is 1.55 bits per heavy atom. The lowest BCUT2D eigenvalue weighted by atomic mass is 10.1.